The number of rotatable bonds is 6. The van der Waals surface area contributed by atoms with Crippen LogP contribution in [0, 0.1) is 5.82 Å². The van der Waals surface area contributed by atoms with Gasteiger partial charge in [-0.15, -0.1) is 6.58 Å². The van der Waals surface area contributed by atoms with Crippen LogP contribution in [0.5, 0.6) is 0 Å². The highest BCUT2D eigenvalue weighted by Gasteiger charge is 2.35. The van der Waals surface area contributed by atoms with Crippen LogP contribution >= 0.6 is 0 Å². The third kappa shape index (κ3) is 4.06. The minimum Gasteiger partial charge on any atom is -0.310 e. The molecule has 106 valence electrons. The molecule has 1 nitrogen and oxygen atoms in total. The van der Waals surface area contributed by atoms with Gasteiger partial charge in [0.1, 0.15) is 5.82 Å². The van der Waals surface area contributed by atoms with Crippen molar-refractivity contribution in [3.05, 3.63) is 47.8 Å². The SMILES string of the molecule is C=CCC(NCCC)c1cccc(C(F)(F)F)c1F. The quantitative estimate of drug-likeness (QED) is 0.597. The highest BCUT2D eigenvalue weighted by atomic mass is 19.4. The first-order chi connectivity index (χ1) is 8.91. The van der Waals surface area contributed by atoms with Gasteiger partial charge in [-0.05, 0) is 25.5 Å². The molecule has 5 heteroatoms. The number of nitrogens with one attached hydrogen (secondary N) is 1. The predicted octanol–water partition coefficient (Wildman–Crippen LogP) is 4.46. The van der Waals surface area contributed by atoms with Crippen LogP contribution in [0.4, 0.5) is 17.6 Å². The van der Waals surface area contributed by atoms with Gasteiger partial charge < -0.3 is 5.32 Å². The zero-order valence-electron chi connectivity index (χ0n) is 10.7. The maximum Gasteiger partial charge on any atom is 0.419 e. The Balaban J connectivity index is 3.12. The van der Waals surface area contributed by atoms with Gasteiger partial charge in [0.2, 0.25) is 0 Å². The first-order valence-electron chi connectivity index (χ1n) is 6.11. The molecule has 0 aromatic heterocycles. The van der Waals surface area contributed by atoms with Gasteiger partial charge in [-0.1, -0.05) is 25.1 Å². The summed E-state index contributed by atoms with van der Waals surface area (Å²) < 4.78 is 51.9. The van der Waals surface area contributed by atoms with Crippen molar-refractivity contribution in [3.63, 3.8) is 0 Å². The normalized spacial score (nSPS) is 13.3. The Bertz CT molecular complexity index is 426. The van der Waals surface area contributed by atoms with Crippen LogP contribution in [-0.2, 0) is 6.18 Å². The molecule has 0 aliphatic heterocycles. The molecule has 0 aliphatic rings. The smallest absolute Gasteiger partial charge is 0.310 e. The third-order valence-electron chi connectivity index (χ3n) is 2.75. The van der Waals surface area contributed by atoms with E-state index in [9.17, 15) is 17.6 Å². The van der Waals surface area contributed by atoms with Crippen LogP contribution < -0.4 is 5.32 Å². The Morgan fingerprint density at radius 3 is 2.58 bits per heavy atom. The van der Waals surface area contributed by atoms with E-state index in [2.05, 4.69) is 11.9 Å². The lowest BCUT2D eigenvalue weighted by Crippen LogP contribution is -2.23. The van der Waals surface area contributed by atoms with Gasteiger partial charge >= 0.3 is 6.18 Å². The number of alkyl halides is 3. The summed E-state index contributed by atoms with van der Waals surface area (Å²) in [6, 6.07) is 2.87. The Hall–Kier alpha value is -1.36. The molecule has 0 radical (unpaired) electrons. The first kappa shape index (κ1) is 15.7. The highest BCUT2D eigenvalue weighted by molar-refractivity contribution is 5.30. The van der Waals surface area contributed by atoms with Crippen molar-refractivity contribution in [1.82, 2.24) is 5.32 Å². The van der Waals surface area contributed by atoms with E-state index in [4.69, 9.17) is 0 Å². The molecule has 0 fully saturated rings. The highest BCUT2D eigenvalue weighted by Crippen LogP contribution is 2.34. The van der Waals surface area contributed by atoms with Gasteiger partial charge in [-0.2, -0.15) is 13.2 Å². The topological polar surface area (TPSA) is 12.0 Å². The van der Waals surface area contributed by atoms with Crippen LogP contribution in [0.25, 0.3) is 0 Å². The van der Waals surface area contributed by atoms with Crippen molar-refractivity contribution in [2.24, 2.45) is 0 Å². The van der Waals surface area contributed by atoms with E-state index >= 15 is 0 Å². The molecule has 0 amide bonds. The Kier molecular flexibility index (Phi) is 5.54. The van der Waals surface area contributed by atoms with Gasteiger partial charge in [0.05, 0.1) is 5.56 Å². The Morgan fingerprint density at radius 2 is 2.05 bits per heavy atom. The summed E-state index contributed by atoms with van der Waals surface area (Å²) in [4.78, 5) is 0. The van der Waals surface area contributed by atoms with Gasteiger partial charge in [0, 0.05) is 11.6 Å². The molecule has 0 heterocycles. The molecule has 0 spiro atoms. The molecule has 0 bridgehead atoms. The summed E-state index contributed by atoms with van der Waals surface area (Å²) in [6.45, 7) is 6.09. The number of hydrogen-bond donors (Lipinski definition) is 1. The van der Waals surface area contributed by atoms with E-state index < -0.39 is 23.6 Å². The molecule has 19 heavy (non-hydrogen) atoms. The van der Waals surface area contributed by atoms with Crippen LogP contribution in [0.2, 0.25) is 0 Å². The maximum absolute atomic E-state index is 14.0. The van der Waals surface area contributed by atoms with Crippen LogP contribution in [-0.4, -0.2) is 6.54 Å². The van der Waals surface area contributed by atoms with Crippen molar-refractivity contribution in [3.8, 4) is 0 Å². The van der Waals surface area contributed by atoms with Gasteiger partial charge in [0.25, 0.3) is 0 Å². The van der Waals surface area contributed by atoms with E-state index in [0.717, 1.165) is 12.5 Å². The fourth-order valence-corrected chi connectivity index (χ4v) is 1.84. The number of halogens is 4. The molecular formula is C14H17F4N. The lowest BCUT2D eigenvalue weighted by atomic mass is 10.00. The second-order valence-electron chi connectivity index (χ2n) is 4.24. The molecule has 1 aromatic rings. The second-order valence-corrected chi connectivity index (χ2v) is 4.24. The number of hydrogen-bond acceptors (Lipinski definition) is 1. The summed E-state index contributed by atoms with van der Waals surface area (Å²) in [6.07, 6.45) is -1.93. The Labute approximate surface area is 110 Å². The average molecular weight is 275 g/mol. The summed E-state index contributed by atoms with van der Waals surface area (Å²) in [5, 5.41) is 3.03. The zero-order valence-corrected chi connectivity index (χ0v) is 10.7. The minimum atomic E-state index is -4.68. The molecule has 0 saturated heterocycles. The lowest BCUT2D eigenvalue weighted by molar-refractivity contribution is -0.140. The number of benzene rings is 1. The summed E-state index contributed by atoms with van der Waals surface area (Å²) in [7, 11) is 0. The fraction of sp³-hybridized carbons (Fsp3) is 0.429. The van der Waals surface area contributed by atoms with Gasteiger partial charge in [-0.25, -0.2) is 4.39 Å². The van der Waals surface area contributed by atoms with E-state index in [1.54, 1.807) is 6.08 Å². The first-order valence-corrected chi connectivity index (χ1v) is 6.11. The standard InChI is InChI=1S/C14H17F4N/c1-3-6-12(19-9-4-2)10-7-5-8-11(13(10)15)14(16,17)18/h3,5,7-8,12,19H,1,4,6,9H2,2H3. The molecule has 1 atom stereocenters. The largest absolute Gasteiger partial charge is 0.419 e. The van der Waals surface area contributed by atoms with Crippen molar-refractivity contribution in [2.45, 2.75) is 32.0 Å². The molecule has 1 aromatic carbocycles. The van der Waals surface area contributed by atoms with Gasteiger partial charge in [0.15, 0.2) is 0 Å². The van der Waals surface area contributed by atoms with Crippen molar-refractivity contribution in [2.75, 3.05) is 6.54 Å². The zero-order chi connectivity index (χ0) is 14.5. The van der Waals surface area contributed by atoms with Crippen LogP contribution in [0.15, 0.2) is 30.9 Å². The molecule has 1 unspecified atom stereocenters. The van der Waals surface area contributed by atoms with Crippen molar-refractivity contribution < 1.29 is 17.6 Å². The molecule has 0 aliphatic carbocycles. The molecule has 1 rings (SSSR count). The van der Waals surface area contributed by atoms with E-state index in [1.807, 2.05) is 6.92 Å². The predicted molar refractivity (Wildman–Crippen MR) is 67.3 cm³/mol. The lowest BCUT2D eigenvalue weighted by Gasteiger charge is -2.20. The minimum absolute atomic E-state index is 0.0307. The second kappa shape index (κ2) is 6.70. The molecule has 0 saturated carbocycles. The van der Waals surface area contributed by atoms with Crippen molar-refractivity contribution >= 4 is 0 Å². The van der Waals surface area contributed by atoms with E-state index in [-0.39, 0.29) is 5.56 Å². The summed E-state index contributed by atoms with van der Waals surface area (Å²) in [5.41, 5.74) is -1.19. The summed E-state index contributed by atoms with van der Waals surface area (Å²) >= 11 is 0. The fourth-order valence-electron chi connectivity index (χ4n) is 1.84. The van der Waals surface area contributed by atoms with E-state index in [1.165, 1.54) is 12.1 Å². The van der Waals surface area contributed by atoms with Gasteiger partial charge in [-0.3, -0.25) is 0 Å². The molecular weight excluding hydrogens is 258 g/mol. The monoisotopic (exact) mass is 275 g/mol. The average Bonchev–Trinajstić information content (AvgIpc) is 2.33. The molecule has 1 N–H and O–H groups in total. The van der Waals surface area contributed by atoms with Crippen LogP contribution in [0.1, 0.15) is 36.9 Å². The van der Waals surface area contributed by atoms with Crippen molar-refractivity contribution in [1.29, 1.82) is 0 Å². The Morgan fingerprint density at radius 1 is 1.37 bits per heavy atom. The summed E-state index contributed by atoms with van der Waals surface area (Å²) in [5.74, 6) is -1.20. The third-order valence-corrected chi connectivity index (χ3v) is 2.75. The maximum atomic E-state index is 14.0. The van der Waals surface area contributed by atoms with Crippen LogP contribution in [0.3, 0.4) is 0 Å². The van der Waals surface area contributed by atoms with E-state index in [0.29, 0.717) is 13.0 Å².